The number of rotatable bonds is 5. The van der Waals surface area contributed by atoms with Gasteiger partial charge in [0.1, 0.15) is 0 Å². The van der Waals surface area contributed by atoms with Gasteiger partial charge in [-0.15, -0.1) is 0 Å². The average Bonchev–Trinajstić information content (AvgIpc) is 3.30. The lowest BCUT2D eigenvalue weighted by Crippen LogP contribution is -2.46. The van der Waals surface area contributed by atoms with Gasteiger partial charge in [0, 0.05) is 18.6 Å². The normalized spacial score (nSPS) is 37.4. The molecule has 3 unspecified atom stereocenters. The highest BCUT2D eigenvalue weighted by molar-refractivity contribution is 4.86. The van der Waals surface area contributed by atoms with E-state index in [1.165, 1.54) is 77.4 Å². The lowest BCUT2D eigenvalue weighted by Gasteiger charge is -2.42. The van der Waals surface area contributed by atoms with Crippen molar-refractivity contribution < 1.29 is 0 Å². The second kappa shape index (κ2) is 6.58. The van der Waals surface area contributed by atoms with Crippen LogP contribution in [-0.4, -0.2) is 36.6 Å². The van der Waals surface area contributed by atoms with Gasteiger partial charge in [0.05, 0.1) is 0 Å². The van der Waals surface area contributed by atoms with Crippen LogP contribution in [-0.2, 0) is 0 Å². The quantitative estimate of drug-likeness (QED) is 0.818. The molecule has 3 atom stereocenters. The topological polar surface area (TPSA) is 15.3 Å². The van der Waals surface area contributed by atoms with E-state index >= 15 is 0 Å². The number of nitrogens with zero attached hydrogens (tertiary/aromatic N) is 1. The van der Waals surface area contributed by atoms with E-state index in [1.54, 1.807) is 0 Å². The molecule has 3 fully saturated rings. The van der Waals surface area contributed by atoms with Crippen LogP contribution < -0.4 is 5.32 Å². The van der Waals surface area contributed by atoms with Crippen molar-refractivity contribution >= 4 is 0 Å². The summed E-state index contributed by atoms with van der Waals surface area (Å²) in [4.78, 5) is 2.85. The predicted octanol–water partition coefficient (Wildman–Crippen LogP) is 3.42. The van der Waals surface area contributed by atoms with Crippen LogP contribution in [0.25, 0.3) is 0 Å². The van der Waals surface area contributed by atoms with Gasteiger partial charge in [0.2, 0.25) is 0 Å². The molecule has 1 saturated heterocycles. The van der Waals surface area contributed by atoms with Crippen LogP contribution in [0.3, 0.4) is 0 Å². The van der Waals surface area contributed by atoms with E-state index in [1.807, 2.05) is 0 Å². The second-order valence-electron chi connectivity index (χ2n) is 7.28. The van der Waals surface area contributed by atoms with Gasteiger partial charge in [-0.2, -0.15) is 0 Å². The maximum absolute atomic E-state index is 3.74. The molecule has 0 aromatic heterocycles. The summed E-state index contributed by atoms with van der Waals surface area (Å²) < 4.78 is 0. The lowest BCUT2D eigenvalue weighted by molar-refractivity contribution is 0.0811. The van der Waals surface area contributed by atoms with E-state index in [0.29, 0.717) is 0 Å². The molecule has 1 heterocycles. The SMILES string of the molecule is CCC1CCCC(N2CCCC(CNC3CC3)C2)C1. The Bertz CT molecular complexity index is 274. The highest BCUT2D eigenvalue weighted by atomic mass is 15.2. The first-order valence-corrected chi connectivity index (χ1v) is 8.82. The number of hydrogen-bond acceptors (Lipinski definition) is 2. The van der Waals surface area contributed by atoms with Crippen molar-refractivity contribution in [2.75, 3.05) is 19.6 Å². The zero-order valence-electron chi connectivity index (χ0n) is 12.7. The van der Waals surface area contributed by atoms with Crippen LogP contribution in [0.15, 0.2) is 0 Å². The van der Waals surface area contributed by atoms with Crippen molar-refractivity contribution in [1.29, 1.82) is 0 Å². The van der Waals surface area contributed by atoms with Crippen molar-refractivity contribution in [3.63, 3.8) is 0 Å². The summed E-state index contributed by atoms with van der Waals surface area (Å²) in [6.45, 7) is 6.42. The van der Waals surface area contributed by atoms with Crippen molar-refractivity contribution in [1.82, 2.24) is 10.2 Å². The zero-order chi connectivity index (χ0) is 13.1. The van der Waals surface area contributed by atoms with E-state index in [-0.39, 0.29) is 0 Å². The third kappa shape index (κ3) is 3.95. The van der Waals surface area contributed by atoms with Gasteiger partial charge in [-0.25, -0.2) is 0 Å². The standard InChI is InChI=1S/C17H32N2/c1-2-14-5-3-7-17(11-14)19-10-4-6-15(13-19)12-18-16-8-9-16/h14-18H,2-13H2,1H3. The van der Waals surface area contributed by atoms with E-state index < -0.39 is 0 Å². The maximum atomic E-state index is 3.74. The van der Waals surface area contributed by atoms with Crippen LogP contribution >= 0.6 is 0 Å². The fourth-order valence-corrected chi connectivity index (χ4v) is 4.18. The molecular weight excluding hydrogens is 232 g/mol. The van der Waals surface area contributed by atoms with Gasteiger partial charge in [-0.05, 0) is 63.5 Å². The summed E-state index contributed by atoms with van der Waals surface area (Å²) in [5.41, 5.74) is 0. The number of nitrogens with one attached hydrogen (secondary N) is 1. The van der Waals surface area contributed by atoms with Gasteiger partial charge in [0.15, 0.2) is 0 Å². The minimum Gasteiger partial charge on any atom is -0.314 e. The molecule has 3 aliphatic rings. The molecule has 2 saturated carbocycles. The number of likely N-dealkylation sites (tertiary alicyclic amines) is 1. The Balaban J connectivity index is 1.46. The van der Waals surface area contributed by atoms with Crippen LogP contribution in [0.4, 0.5) is 0 Å². The third-order valence-electron chi connectivity index (χ3n) is 5.67. The molecule has 3 rings (SSSR count). The van der Waals surface area contributed by atoms with Crippen LogP contribution in [0.2, 0.25) is 0 Å². The van der Waals surface area contributed by atoms with Crippen molar-refractivity contribution in [3.05, 3.63) is 0 Å². The van der Waals surface area contributed by atoms with Crippen molar-refractivity contribution in [2.45, 2.75) is 76.8 Å². The first-order valence-electron chi connectivity index (χ1n) is 8.82. The predicted molar refractivity (Wildman–Crippen MR) is 81.4 cm³/mol. The summed E-state index contributed by atoms with van der Waals surface area (Å²) in [5.74, 6) is 1.94. The van der Waals surface area contributed by atoms with Crippen molar-refractivity contribution in [2.24, 2.45) is 11.8 Å². The molecule has 0 aromatic rings. The van der Waals surface area contributed by atoms with Crippen LogP contribution in [0.1, 0.15) is 64.7 Å². The molecule has 19 heavy (non-hydrogen) atoms. The Kier molecular flexibility index (Phi) is 4.81. The fraction of sp³-hybridized carbons (Fsp3) is 1.00. The van der Waals surface area contributed by atoms with Gasteiger partial charge in [-0.1, -0.05) is 26.2 Å². The van der Waals surface area contributed by atoms with Crippen molar-refractivity contribution in [3.8, 4) is 0 Å². The highest BCUT2D eigenvalue weighted by Gasteiger charge is 2.30. The first-order chi connectivity index (χ1) is 9.35. The Morgan fingerprint density at radius 2 is 1.84 bits per heavy atom. The molecule has 1 N–H and O–H groups in total. The molecule has 110 valence electrons. The maximum Gasteiger partial charge on any atom is 0.00980 e. The molecule has 0 radical (unpaired) electrons. The summed E-state index contributed by atoms with van der Waals surface area (Å²) in [5, 5.41) is 3.74. The Morgan fingerprint density at radius 3 is 2.63 bits per heavy atom. The molecule has 0 bridgehead atoms. The minimum absolute atomic E-state index is 0.884. The molecule has 0 amide bonds. The number of hydrogen-bond donors (Lipinski definition) is 1. The van der Waals surface area contributed by atoms with E-state index in [2.05, 4.69) is 17.1 Å². The molecule has 2 aliphatic carbocycles. The Labute approximate surface area is 119 Å². The second-order valence-corrected chi connectivity index (χ2v) is 7.28. The summed E-state index contributed by atoms with van der Waals surface area (Å²) in [6, 6.07) is 1.80. The lowest BCUT2D eigenvalue weighted by atomic mass is 9.82. The van der Waals surface area contributed by atoms with Crippen LogP contribution in [0.5, 0.6) is 0 Å². The summed E-state index contributed by atoms with van der Waals surface area (Å²) >= 11 is 0. The molecule has 2 heteroatoms. The van der Waals surface area contributed by atoms with Gasteiger partial charge in [0.25, 0.3) is 0 Å². The highest BCUT2D eigenvalue weighted by Crippen LogP contribution is 2.32. The third-order valence-corrected chi connectivity index (χ3v) is 5.67. The van der Waals surface area contributed by atoms with Gasteiger partial charge >= 0.3 is 0 Å². The summed E-state index contributed by atoms with van der Waals surface area (Å²) in [7, 11) is 0. The monoisotopic (exact) mass is 264 g/mol. The molecule has 1 aliphatic heterocycles. The molecular formula is C17H32N2. The molecule has 0 aromatic carbocycles. The first kappa shape index (κ1) is 13.9. The Morgan fingerprint density at radius 1 is 1.00 bits per heavy atom. The largest absolute Gasteiger partial charge is 0.314 e. The number of piperidine rings is 1. The van der Waals surface area contributed by atoms with Gasteiger partial charge in [-0.3, -0.25) is 0 Å². The average molecular weight is 264 g/mol. The van der Waals surface area contributed by atoms with E-state index in [9.17, 15) is 0 Å². The Hall–Kier alpha value is -0.0800. The smallest absolute Gasteiger partial charge is 0.00980 e. The van der Waals surface area contributed by atoms with E-state index in [4.69, 9.17) is 0 Å². The van der Waals surface area contributed by atoms with Crippen LogP contribution in [0, 0.1) is 11.8 Å². The molecule has 2 nitrogen and oxygen atoms in total. The van der Waals surface area contributed by atoms with Gasteiger partial charge < -0.3 is 10.2 Å². The summed E-state index contributed by atoms with van der Waals surface area (Å²) in [6.07, 6.45) is 13.1. The fourth-order valence-electron chi connectivity index (χ4n) is 4.18. The molecule has 0 spiro atoms. The minimum atomic E-state index is 0.884. The van der Waals surface area contributed by atoms with E-state index in [0.717, 1.165) is 23.9 Å². The zero-order valence-corrected chi connectivity index (χ0v) is 12.7.